The molecule has 0 saturated carbocycles. The smallest absolute Gasteiger partial charge is 0.338 e. The van der Waals surface area contributed by atoms with Crippen molar-refractivity contribution in [3.05, 3.63) is 59.7 Å². The topological polar surface area (TPSA) is 88.4 Å². The van der Waals surface area contributed by atoms with E-state index in [1.807, 2.05) is 24.3 Å². The van der Waals surface area contributed by atoms with Crippen molar-refractivity contribution >= 4 is 29.3 Å². The number of nitrogens with one attached hydrogen (secondary N) is 1. The minimum Gasteiger partial charge on any atom is -0.452 e. The van der Waals surface area contributed by atoms with Crippen molar-refractivity contribution in [2.45, 2.75) is 11.5 Å². The van der Waals surface area contributed by atoms with E-state index in [1.54, 1.807) is 37.4 Å². The number of carbonyl (C=O) groups is 2. The van der Waals surface area contributed by atoms with Crippen molar-refractivity contribution in [3.8, 4) is 6.07 Å². The highest BCUT2D eigenvalue weighted by Crippen LogP contribution is 2.26. The van der Waals surface area contributed by atoms with Crippen LogP contribution in [0.15, 0.2) is 53.4 Å². The molecule has 0 unspecified atom stereocenters. The summed E-state index contributed by atoms with van der Waals surface area (Å²) < 4.78 is 10.1. The van der Waals surface area contributed by atoms with Crippen LogP contribution in [-0.2, 0) is 20.9 Å². The zero-order chi connectivity index (χ0) is 18.8. The fraction of sp³-hybridized carbons (Fsp3) is 0.211. The predicted octanol–water partition coefficient (Wildman–Crippen LogP) is 3.24. The van der Waals surface area contributed by atoms with Crippen LogP contribution in [0.25, 0.3) is 0 Å². The molecule has 1 N–H and O–H groups in total. The van der Waals surface area contributed by atoms with Gasteiger partial charge >= 0.3 is 5.97 Å². The number of carbonyl (C=O) groups excluding carboxylic acids is 2. The Morgan fingerprint density at radius 1 is 1.19 bits per heavy atom. The minimum absolute atomic E-state index is 0.277. The molecule has 2 aromatic carbocycles. The number of para-hydroxylation sites is 1. The van der Waals surface area contributed by atoms with Crippen molar-refractivity contribution in [1.82, 2.24) is 0 Å². The molecule has 0 aliphatic carbocycles. The molecule has 0 aromatic heterocycles. The number of hydrogen-bond acceptors (Lipinski definition) is 6. The number of methoxy groups -OCH3 is 1. The molecule has 0 aliphatic rings. The van der Waals surface area contributed by atoms with E-state index < -0.39 is 18.5 Å². The van der Waals surface area contributed by atoms with Crippen molar-refractivity contribution in [1.29, 1.82) is 5.26 Å². The van der Waals surface area contributed by atoms with E-state index in [1.165, 1.54) is 11.8 Å². The van der Waals surface area contributed by atoms with E-state index in [4.69, 9.17) is 14.7 Å². The predicted molar refractivity (Wildman–Crippen MR) is 98.8 cm³/mol. The molecule has 0 atom stereocenters. The Balaban J connectivity index is 1.92. The van der Waals surface area contributed by atoms with Gasteiger partial charge in [0, 0.05) is 12.0 Å². The first-order valence-corrected chi connectivity index (χ1v) is 8.76. The second-order valence-electron chi connectivity index (χ2n) is 5.20. The number of nitriles is 1. The molecular formula is C19H18N2O4S. The van der Waals surface area contributed by atoms with Gasteiger partial charge in [-0.3, -0.25) is 4.79 Å². The van der Waals surface area contributed by atoms with E-state index in [2.05, 4.69) is 5.32 Å². The second kappa shape index (κ2) is 10.2. The molecule has 0 aliphatic heterocycles. The van der Waals surface area contributed by atoms with E-state index in [-0.39, 0.29) is 5.75 Å². The van der Waals surface area contributed by atoms with Gasteiger partial charge in [0.25, 0.3) is 5.91 Å². The average molecular weight is 370 g/mol. The summed E-state index contributed by atoms with van der Waals surface area (Å²) in [6.07, 6.45) is 0. The molecule has 6 nitrogen and oxygen atoms in total. The number of hydrogen-bond donors (Lipinski definition) is 1. The van der Waals surface area contributed by atoms with Gasteiger partial charge in [-0.05, 0) is 29.8 Å². The van der Waals surface area contributed by atoms with Crippen molar-refractivity contribution in [2.75, 3.05) is 24.8 Å². The Bertz CT molecular complexity index is 817. The standard InChI is InChI=1S/C19H18N2O4S/c1-24-12-14-5-4-6-15(11-14)19(23)25-13-18(22)21-16-7-2-3-8-17(16)26-10-9-20/h2-8,11H,10,12-13H2,1H3,(H,21,22). The molecular weight excluding hydrogens is 352 g/mol. The molecule has 7 heteroatoms. The lowest BCUT2D eigenvalue weighted by atomic mass is 10.1. The van der Waals surface area contributed by atoms with E-state index >= 15 is 0 Å². The molecule has 1 amide bonds. The minimum atomic E-state index is -0.578. The first kappa shape index (κ1) is 19.5. The van der Waals surface area contributed by atoms with E-state index in [9.17, 15) is 9.59 Å². The quantitative estimate of drug-likeness (QED) is 0.567. The number of anilines is 1. The van der Waals surface area contributed by atoms with Gasteiger partial charge in [-0.25, -0.2) is 4.79 Å². The highest BCUT2D eigenvalue weighted by Gasteiger charge is 2.12. The third-order valence-corrected chi connectivity index (χ3v) is 4.20. The Morgan fingerprint density at radius 2 is 2.00 bits per heavy atom. The maximum absolute atomic E-state index is 12.1. The number of esters is 1. The molecule has 26 heavy (non-hydrogen) atoms. The lowest BCUT2D eigenvalue weighted by Gasteiger charge is -2.10. The van der Waals surface area contributed by atoms with Crippen LogP contribution in [0.4, 0.5) is 5.69 Å². The summed E-state index contributed by atoms with van der Waals surface area (Å²) >= 11 is 1.32. The molecule has 134 valence electrons. The van der Waals surface area contributed by atoms with Crippen LogP contribution in [-0.4, -0.2) is 31.3 Å². The van der Waals surface area contributed by atoms with Gasteiger partial charge in [0.2, 0.25) is 0 Å². The van der Waals surface area contributed by atoms with Gasteiger partial charge in [-0.15, -0.1) is 11.8 Å². The number of nitrogens with zero attached hydrogens (tertiary/aromatic N) is 1. The van der Waals surface area contributed by atoms with Crippen molar-refractivity contribution in [3.63, 3.8) is 0 Å². The molecule has 0 radical (unpaired) electrons. The second-order valence-corrected chi connectivity index (χ2v) is 6.22. The summed E-state index contributed by atoms with van der Waals surface area (Å²) in [4.78, 5) is 24.9. The van der Waals surface area contributed by atoms with Crippen LogP contribution < -0.4 is 5.32 Å². The summed E-state index contributed by atoms with van der Waals surface area (Å²) in [5.41, 5.74) is 1.78. The van der Waals surface area contributed by atoms with Gasteiger partial charge in [0.05, 0.1) is 29.7 Å². The van der Waals surface area contributed by atoms with Gasteiger partial charge < -0.3 is 14.8 Å². The first-order valence-electron chi connectivity index (χ1n) is 7.77. The average Bonchev–Trinajstić information content (AvgIpc) is 2.66. The molecule has 2 rings (SSSR count). The molecule has 0 bridgehead atoms. The fourth-order valence-corrected chi connectivity index (χ4v) is 2.83. The molecule has 0 saturated heterocycles. The van der Waals surface area contributed by atoms with Gasteiger partial charge in [0.1, 0.15) is 0 Å². The fourth-order valence-electron chi connectivity index (χ4n) is 2.16. The highest BCUT2D eigenvalue weighted by atomic mass is 32.2. The Kier molecular flexibility index (Phi) is 7.68. The molecule has 0 fully saturated rings. The van der Waals surface area contributed by atoms with Crippen LogP contribution in [0.2, 0.25) is 0 Å². The van der Waals surface area contributed by atoms with Crippen LogP contribution in [0.3, 0.4) is 0 Å². The Hall–Kier alpha value is -2.82. The number of benzene rings is 2. The molecule has 0 heterocycles. The molecule has 0 spiro atoms. The van der Waals surface area contributed by atoms with Gasteiger partial charge in [0.15, 0.2) is 6.61 Å². The Labute approximate surface area is 156 Å². The van der Waals surface area contributed by atoms with Crippen molar-refractivity contribution < 1.29 is 19.1 Å². The number of thioether (sulfide) groups is 1. The van der Waals surface area contributed by atoms with Crippen LogP contribution in [0, 0.1) is 11.3 Å². The largest absolute Gasteiger partial charge is 0.452 e. The van der Waals surface area contributed by atoms with E-state index in [0.717, 1.165) is 10.5 Å². The normalized spacial score (nSPS) is 10.0. The van der Waals surface area contributed by atoms with Crippen LogP contribution in [0.5, 0.6) is 0 Å². The summed E-state index contributed by atoms with van der Waals surface area (Å²) in [7, 11) is 1.57. The summed E-state index contributed by atoms with van der Waals surface area (Å²) in [5.74, 6) is -0.749. The SMILES string of the molecule is COCc1cccc(C(=O)OCC(=O)Nc2ccccc2SCC#N)c1. The maximum atomic E-state index is 12.1. The first-order chi connectivity index (χ1) is 12.6. The Morgan fingerprint density at radius 3 is 2.77 bits per heavy atom. The van der Waals surface area contributed by atoms with Crippen molar-refractivity contribution in [2.24, 2.45) is 0 Å². The van der Waals surface area contributed by atoms with Crippen LogP contribution in [0.1, 0.15) is 15.9 Å². The zero-order valence-corrected chi connectivity index (χ0v) is 15.0. The lowest BCUT2D eigenvalue weighted by Crippen LogP contribution is -2.21. The monoisotopic (exact) mass is 370 g/mol. The number of ether oxygens (including phenoxy) is 2. The number of amides is 1. The summed E-state index contributed by atoms with van der Waals surface area (Å²) in [5, 5.41) is 11.4. The van der Waals surface area contributed by atoms with Crippen LogP contribution >= 0.6 is 11.8 Å². The third kappa shape index (κ3) is 5.92. The third-order valence-electron chi connectivity index (χ3n) is 3.26. The summed E-state index contributed by atoms with van der Waals surface area (Å²) in [6, 6.07) is 16.0. The molecule has 2 aromatic rings. The van der Waals surface area contributed by atoms with Gasteiger partial charge in [-0.2, -0.15) is 5.26 Å². The zero-order valence-electron chi connectivity index (χ0n) is 14.2. The van der Waals surface area contributed by atoms with Gasteiger partial charge in [-0.1, -0.05) is 24.3 Å². The van der Waals surface area contributed by atoms with E-state index in [0.29, 0.717) is 17.9 Å². The lowest BCUT2D eigenvalue weighted by molar-refractivity contribution is -0.119. The number of rotatable bonds is 8. The highest BCUT2D eigenvalue weighted by molar-refractivity contribution is 7.99. The summed E-state index contributed by atoms with van der Waals surface area (Å²) in [6.45, 7) is -0.0106. The maximum Gasteiger partial charge on any atom is 0.338 e.